The molecule has 148 valence electrons. The van der Waals surface area contributed by atoms with Gasteiger partial charge in [-0.1, -0.05) is 59.0 Å². The van der Waals surface area contributed by atoms with Gasteiger partial charge >= 0.3 is 0 Å². The summed E-state index contributed by atoms with van der Waals surface area (Å²) in [6.45, 7) is 2.71. The van der Waals surface area contributed by atoms with Gasteiger partial charge in [-0.3, -0.25) is 14.9 Å². The number of carbonyl (C=O) groups is 2. The molecule has 0 atom stereocenters. The summed E-state index contributed by atoms with van der Waals surface area (Å²) in [5, 5.41) is 11.3. The zero-order valence-electron chi connectivity index (χ0n) is 15.9. The highest BCUT2D eigenvalue weighted by molar-refractivity contribution is 8.01. The van der Waals surface area contributed by atoms with Gasteiger partial charge in [0.25, 0.3) is 5.91 Å². The molecule has 8 heteroatoms. The average Bonchev–Trinajstić information content (AvgIpc) is 3.19. The molecule has 0 bridgehead atoms. The largest absolute Gasteiger partial charge is 0.311 e. The van der Waals surface area contributed by atoms with Crippen molar-refractivity contribution >= 4 is 45.7 Å². The maximum atomic E-state index is 12.7. The summed E-state index contributed by atoms with van der Waals surface area (Å²) in [6, 6.07) is 15.4. The van der Waals surface area contributed by atoms with E-state index in [1.54, 1.807) is 12.1 Å². The molecule has 1 aromatic heterocycles. The van der Waals surface area contributed by atoms with Crippen LogP contribution in [0.5, 0.6) is 0 Å². The van der Waals surface area contributed by atoms with E-state index in [2.05, 4.69) is 21.6 Å². The Hall–Kier alpha value is -2.71. The van der Waals surface area contributed by atoms with Crippen molar-refractivity contribution in [3.8, 4) is 0 Å². The first-order chi connectivity index (χ1) is 14.1. The van der Waals surface area contributed by atoms with Crippen LogP contribution in [0.25, 0.3) is 0 Å². The van der Waals surface area contributed by atoms with E-state index in [1.165, 1.54) is 28.7 Å². The molecule has 1 N–H and O–H groups in total. The van der Waals surface area contributed by atoms with Gasteiger partial charge in [-0.25, -0.2) is 0 Å². The van der Waals surface area contributed by atoms with E-state index < -0.39 is 0 Å². The van der Waals surface area contributed by atoms with Crippen molar-refractivity contribution in [1.29, 1.82) is 0 Å². The maximum Gasteiger partial charge on any atom is 0.257 e. The molecule has 0 fully saturated rings. The number of nitrogens with one attached hydrogen (secondary N) is 1. The van der Waals surface area contributed by atoms with Gasteiger partial charge in [-0.15, -0.1) is 10.2 Å². The number of benzene rings is 2. The highest BCUT2D eigenvalue weighted by Crippen LogP contribution is 2.30. The monoisotopic (exact) mass is 424 g/mol. The summed E-state index contributed by atoms with van der Waals surface area (Å²) in [4.78, 5) is 26.9. The Morgan fingerprint density at radius 1 is 1.14 bits per heavy atom. The number of thioether (sulfide) groups is 1. The number of nitrogens with zero attached hydrogens (tertiary/aromatic N) is 3. The quantitative estimate of drug-likeness (QED) is 0.491. The molecule has 1 aliphatic heterocycles. The van der Waals surface area contributed by atoms with E-state index in [0.717, 1.165) is 30.6 Å². The van der Waals surface area contributed by atoms with Crippen LogP contribution in [0.4, 0.5) is 10.8 Å². The molecule has 0 unspecified atom stereocenters. The fraction of sp³-hybridized carbons (Fsp3) is 0.238. The van der Waals surface area contributed by atoms with Gasteiger partial charge < -0.3 is 4.90 Å². The normalized spacial score (nSPS) is 13.1. The number of anilines is 2. The lowest BCUT2D eigenvalue weighted by Crippen LogP contribution is -2.36. The molecule has 0 radical (unpaired) electrons. The standard InChI is InChI=1S/C21H20N4O2S2/c1-14-8-10-16(11-9-14)19(27)22-20-23-24-21(29-20)28-13-18(26)25-12-4-6-15-5-2-3-7-17(15)25/h2-3,5,7-11H,4,6,12-13H2,1H3,(H,22,23,27). The molecule has 29 heavy (non-hydrogen) atoms. The van der Waals surface area contributed by atoms with Gasteiger partial charge in [0.2, 0.25) is 11.0 Å². The summed E-state index contributed by atoms with van der Waals surface area (Å²) in [6.07, 6.45) is 1.98. The van der Waals surface area contributed by atoms with Crippen molar-refractivity contribution in [2.75, 3.05) is 22.5 Å². The minimum absolute atomic E-state index is 0.0580. The Kier molecular flexibility index (Phi) is 5.92. The fourth-order valence-corrected chi connectivity index (χ4v) is 4.81. The molecule has 2 heterocycles. The third kappa shape index (κ3) is 4.65. The third-order valence-corrected chi connectivity index (χ3v) is 6.63. The van der Waals surface area contributed by atoms with E-state index in [4.69, 9.17) is 0 Å². The zero-order valence-corrected chi connectivity index (χ0v) is 17.6. The summed E-state index contributed by atoms with van der Waals surface area (Å²) >= 11 is 2.62. The summed E-state index contributed by atoms with van der Waals surface area (Å²) < 4.78 is 0.655. The van der Waals surface area contributed by atoms with Gasteiger partial charge in [0.1, 0.15) is 0 Å². The van der Waals surface area contributed by atoms with Crippen LogP contribution >= 0.6 is 23.1 Å². The van der Waals surface area contributed by atoms with Crippen LogP contribution < -0.4 is 10.2 Å². The molecule has 2 aromatic carbocycles. The number of aryl methyl sites for hydroxylation is 2. The van der Waals surface area contributed by atoms with Crippen molar-refractivity contribution in [2.45, 2.75) is 24.1 Å². The maximum absolute atomic E-state index is 12.7. The lowest BCUT2D eigenvalue weighted by atomic mass is 10.0. The number of aromatic nitrogens is 2. The van der Waals surface area contributed by atoms with Crippen molar-refractivity contribution in [1.82, 2.24) is 10.2 Å². The molecular weight excluding hydrogens is 404 g/mol. The molecule has 4 rings (SSSR count). The lowest BCUT2D eigenvalue weighted by Gasteiger charge is -2.29. The molecule has 0 saturated carbocycles. The molecule has 0 aliphatic carbocycles. The summed E-state index contributed by atoms with van der Waals surface area (Å²) in [5.74, 6) is 0.121. The van der Waals surface area contributed by atoms with E-state index in [1.807, 2.05) is 42.2 Å². The Labute approximate surface area is 177 Å². The topological polar surface area (TPSA) is 75.2 Å². The molecule has 2 amide bonds. The highest BCUT2D eigenvalue weighted by Gasteiger charge is 2.22. The van der Waals surface area contributed by atoms with Crippen LogP contribution in [-0.4, -0.2) is 34.3 Å². The first-order valence-corrected chi connectivity index (χ1v) is 11.1. The fourth-order valence-electron chi connectivity index (χ4n) is 3.19. The van der Waals surface area contributed by atoms with E-state index >= 15 is 0 Å². The Balaban J connectivity index is 1.34. The molecule has 6 nitrogen and oxygen atoms in total. The molecule has 1 aliphatic rings. The third-order valence-electron chi connectivity index (χ3n) is 4.67. The lowest BCUT2D eigenvalue weighted by molar-refractivity contribution is -0.116. The SMILES string of the molecule is Cc1ccc(C(=O)Nc2nnc(SCC(=O)N3CCCc4ccccc43)s2)cc1. The Bertz CT molecular complexity index is 1030. The van der Waals surface area contributed by atoms with Gasteiger partial charge in [0.05, 0.1) is 5.75 Å². The number of fused-ring (bicyclic) bond motifs is 1. The molecule has 0 spiro atoms. The average molecular weight is 425 g/mol. The smallest absolute Gasteiger partial charge is 0.257 e. The van der Waals surface area contributed by atoms with Gasteiger partial charge in [0, 0.05) is 17.8 Å². The Morgan fingerprint density at radius 3 is 2.76 bits per heavy atom. The number of hydrogen-bond donors (Lipinski definition) is 1. The van der Waals surface area contributed by atoms with Crippen molar-refractivity contribution in [3.05, 3.63) is 65.2 Å². The van der Waals surface area contributed by atoms with E-state index in [-0.39, 0.29) is 17.6 Å². The van der Waals surface area contributed by atoms with Crippen molar-refractivity contribution in [3.63, 3.8) is 0 Å². The van der Waals surface area contributed by atoms with E-state index in [0.29, 0.717) is 15.0 Å². The number of hydrogen-bond acceptors (Lipinski definition) is 6. The number of amides is 2. The van der Waals surface area contributed by atoms with Crippen molar-refractivity contribution < 1.29 is 9.59 Å². The molecular formula is C21H20N4O2S2. The predicted octanol–water partition coefficient (Wildman–Crippen LogP) is 4.17. The second kappa shape index (κ2) is 8.75. The summed E-state index contributed by atoms with van der Waals surface area (Å²) in [7, 11) is 0. The van der Waals surface area contributed by atoms with Crippen molar-refractivity contribution in [2.24, 2.45) is 0 Å². The number of carbonyl (C=O) groups excluding carboxylic acids is 2. The minimum Gasteiger partial charge on any atom is -0.311 e. The zero-order chi connectivity index (χ0) is 20.2. The Morgan fingerprint density at radius 2 is 1.93 bits per heavy atom. The van der Waals surface area contributed by atoms with Crippen LogP contribution in [0, 0.1) is 6.92 Å². The first-order valence-electron chi connectivity index (χ1n) is 9.33. The van der Waals surface area contributed by atoms with Gasteiger partial charge in [-0.05, 0) is 43.5 Å². The van der Waals surface area contributed by atoms with Crippen LogP contribution in [0.2, 0.25) is 0 Å². The van der Waals surface area contributed by atoms with Crippen LogP contribution in [0.3, 0.4) is 0 Å². The van der Waals surface area contributed by atoms with Crippen LogP contribution in [-0.2, 0) is 11.2 Å². The molecule has 3 aromatic rings. The van der Waals surface area contributed by atoms with Crippen LogP contribution in [0.1, 0.15) is 27.9 Å². The minimum atomic E-state index is -0.223. The predicted molar refractivity (Wildman–Crippen MR) is 117 cm³/mol. The van der Waals surface area contributed by atoms with E-state index in [9.17, 15) is 9.59 Å². The number of para-hydroxylation sites is 1. The summed E-state index contributed by atoms with van der Waals surface area (Å²) in [5.41, 5.74) is 3.89. The van der Waals surface area contributed by atoms with Crippen LogP contribution in [0.15, 0.2) is 52.9 Å². The van der Waals surface area contributed by atoms with Gasteiger partial charge in [0.15, 0.2) is 4.34 Å². The first kappa shape index (κ1) is 19.6. The second-order valence-corrected chi connectivity index (χ2v) is 8.96. The highest BCUT2D eigenvalue weighted by atomic mass is 32.2. The number of rotatable bonds is 5. The molecule has 0 saturated heterocycles. The van der Waals surface area contributed by atoms with Gasteiger partial charge in [-0.2, -0.15) is 0 Å². The second-order valence-electron chi connectivity index (χ2n) is 6.76.